The molecule has 1 spiro atoms. The Bertz CT molecular complexity index is 667. The number of hydrogen-bond donors (Lipinski definition) is 0. The Kier molecular flexibility index (Phi) is 3.17. The lowest BCUT2D eigenvalue weighted by atomic mass is 10.1. The molecule has 9 nitrogen and oxygen atoms in total. The van der Waals surface area contributed by atoms with Crippen molar-refractivity contribution < 1.29 is 33.1 Å². The fraction of sp³-hybridized carbons (Fsp3) is 0.538. The van der Waals surface area contributed by atoms with Crippen LogP contribution in [0, 0.1) is 6.92 Å². The Labute approximate surface area is 125 Å². The number of hydrogen-bond acceptors (Lipinski definition) is 9. The largest absolute Gasteiger partial charge is 0.461 e. The number of carbonyl (C=O) groups excluding carboxylic acids is 3. The van der Waals surface area contributed by atoms with Gasteiger partial charge in [-0.2, -0.15) is 0 Å². The number of aryl methyl sites for hydroxylation is 1. The SMILES string of the molecule is CC(=O)OC1CN(C)C2(C1)OC(=O)C(=O)Oc1c(C)noc12. The molecule has 2 aliphatic rings. The molecule has 0 aromatic carbocycles. The van der Waals surface area contributed by atoms with Gasteiger partial charge < -0.3 is 18.7 Å². The molecule has 2 aliphatic heterocycles. The summed E-state index contributed by atoms with van der Waals surface area (Å²) in [6.07, 6.45) is -0.394. The highest BCUT2D eigenvalue weighted by atomic mass is 16.6. The molecule has 2 atom stereocenters. The molecule has 1 aromatic heterocycles. The van der Waals surface area contributed by atoms with Gasteiger partial charge in [0, 0.05) is 19.9 Å². The van der Waals surface area contributed by atoms with E-state index in [0.717, 1.165) is 0 Å². The van der Waals surface area contributed by atoms with Gasteiger partial charge in [-0.15, -0.1) is 0 Å². The zero-order chi connectivity index (χ0) is 16.1. The molecule has 0 saturated carbocycles. The van der Waals surface area contributed by atoms with Crippen molar-refractivity contribution in [3.63, 3.8) is 0 Å². The summed E-state index contributed by atoms with van der Waals surface area (Å²) in [5.74, 6) is -2.56. The van der Waals surface area contributed by atoms with Crippen LogP contribution in [-0.4, -0.2) is 47.7 Å². The Morgan fingerprint density at radius 2 is 2.14 bits per heavy atom. The van der Waals surface area contributed by atoms with Gasteiger partial charge in [-0.25, -0.2) is 9.59 Å². The van der Waals surface area contributed by atoms with Gasteiger partial charge in [0.25, 0.3) is 0 Å². The van der Waals surface area contributed by atoms with Gasteiger partial charge in [-0.3, -0.25) is 9.69 Å². The first-order valence-corrected chi connectivity index (χ1v) is 6.64. The molecule has 0 N–H and O–H groups in total. The molecule has 0 amide bonds. The van der Waals surface area contributed by atoms with E-state index < -0.39 is 29.7 Å². The van der Waals surface area contributed by atoms with Gasteiger partial charge in [-0.1, -0.05) is 5.16 Å². The Morgan fingerprint density at radius 1 is 1.41 bits per heavy atom. The third-order valence-corrected chi connectivity index (χ3v) is 3.72. The molecular formula is C13H14N2O7. The quantitative estimate of drug-likeness (QED) is 0.517. The predicted octanol–water partition coefficient (Wildman–Crippen LogP) is -0.135. The van der Waals surface area contributed by atoms with Gasteiger partial charge in [0.1, 0.15) is 11.8 Å². The third-order valence-electron chi connectivity index (χ3n) is 3.72. The summed E-state index contributed by atoms with van der Waals surface area (Å²) in [6.45, 7) is 3.18. The third kappa shape index (κ3) is 2.05. The lowest BCUT2D eigenvalue weighted by Crippen LogP contribution is -2.42. The molecule has 0 radical (unpaired) electrons. The summed E-state index contributed by atoms with van der Waals surface area (Å²) in [7, 11) is 1.66. The second-order valence-corrected chi connectivity index (χ2v) is 5.31. The van der Waals surface area contributed by atoms with E-state index in [9.17, 15) is 14.4 Å². The second kappa shape index (κ2) is 4.80. The molecular weight excluding hydrogens is 296 g/mol. The number of nitrogens with zero attached hydrogens (tertiary/aromatic N) is 2. The molecule has 1 fully saturated rings. The number of ether oxygens (including phenoxy) is 3. The topological polar surface area (TPSA) is 108 Å². The zero-order valence-corrected chi connectivity index (χ0v) is 12.2. The Morgan fingerprint density at radius 3 is 2.82 bits per heavy atom. The van der Waals surface area contributed by atoms with Crippen LogP contribution in [0.15, 0.2) is 4.52 Å². The Hall–Kier alpha value is -2.42. The van der Waals surface area contributed by atoms with Crippen LogP contribution in [0.2, 0.25) is 0 Å². The highest BCUT2D eigenvalue weighted by molar-refractivity contribution is 6.30. The van der Waals surface area contributed by atoms with E-state index in [1.165, 1.54) is 6.92 Å². The molecule has 3 rings (SSSR count). The summed E-state index contributed by atoms with van der Waals surface area (Å²) in [6, 6.07) is 0. The molecule has 22 heavy (non-hydrogen) atoms. The minimum Gasteiger partial charge on any atom is -0.461 e. The molecule has 1 saturated heterocycles. The molecule has 2 unspecified atom stereocenters. The van der Waals surface area contributed by atoms with Crippen molar-refractivity contribution in [2.24, 2.45) is 0 Å². The number of rotatable bonds is 1. The van der Waals surface area contributed by atoms with E-state index in [1.807, 2.05) is 0 Å². The highest BCUT2D eigenvalue weighted by Crippen LogP contribution is 2.46. The number of carbonyl (C=O) groups is 3. The molecule has 0 aliphatic carbocycles. The van der Waals surface area contributed by atoms with Crippen molar-refractivity contribution in [3.05, 3.63) is 11.5 Å². The van der Waals surface area contributed by atoms with Gasteiger partial charge in [0.15, 0.2) is 0 Å². The number of esters is 3. The molecule has 0 bridgehead atoms. The van der Waals surface area contributed by atoms with Crippen LogP contribution in [0.25, 0.3) is 0 Å². The summed E-state index contributed by atoms with van der Waals surface area (Å²) in [5, 5.41) is 3.76. The summed E-state index contributed by atoms with van der Waals surface area (Å²) in [5.41, 5.74) is -1.06. The van der Waals surface area contributed by atoms with Crippen LogP contribution in [0.5, 0.6) is 5.75 Å². The van der Waals surface area contributed by atoms with Crippen LogP contribution < -0.4 is 4.74 Å². The van der Waals surface area contributed by atoms with Crippen molar-refractivity contribution in [1.29, 1.82) is 0 Å². The number of likely N-dealkylation sites (N-methyl/N-ethyl adjacent to an activating group) is 1. The van der Waals surface area contributed by atoms with Crippen LogP contribution in [0.1, 0.15) is 24.8 Å². The summed E-state index contributed by atoms with van der Waals surface area (Å²) in [4.78, 5) is 36.3. The van der Waals surface area contributed by atoms with Crippen molar-refractivity contribution >= 4 is 17.9 Å². The van der Waals surface area contributed by atoms with Crippen molar-refractivity contribution in [3.8, 4) is 5.75 Å². The molecule has 1 aromatic rings. The van der Waals surface area contributed by atoms with Crippen LogP contribution in [0.4, 0.5) is 0 Å². The van der Waals surface area contributed by atoms with Crippen molar-refractivity contribution in [1.82, 2.24) is 10.1 Å². The van der Waals surface area contributed by atoms with Crippen molar-refractivity contribution in [2.75, 3.05) is 13.6 Å². The fourth-order valence-corrected chi connectivity index (χ4v) is 2.79. The maximum atomic E-state index is 11.8. The smallest absolute Gasteiger partial charge is 0.423 e. The minimum atomic E-state index is -1.39. The summed E-state index contributed by atoms with van der Waals surface area (Å²) < 4.78 is 20.7. The standard InChI is InChI=1S/C13H14N2O7/c1-6-9-10(22-14-6)13(21-12(18)11(17)20-9)4-8(5-15(13)3)19-7(2)16/h8H,4-5H2,1-3H3. The molecule has 3 heterocycles. The van der Waals surface area contributed by atoms with E-state index in [0.29, 0.717) is 12.2 Å². The first-order chi connectivity index (χ1) is 10.3. The predicted molar refractivity (Wildman–Crippen MR) is 67.4 cm³/mol. The molecule has 118 valence electrons. The van der Waals surface area contributed by atoms with Crippen LogP contribution in [-0.2, 0) is 29.6 Å². The lowest BCUT2D eigenvalue weighted by Gasteiger charge is -2.30. The maximum absolute atomic E-state index is 11.8. The van der Waals surface area contributed by atoms with E-state index in [4.69, 9.17) is 18.7 Å². The lowest BCUT2D eigenvalue weighted by molar-refractivity contribution is -0.188. The van der Waals surface area contributed by atoms with Crippen molar-refractivity contribution in [2.45, 2.75) is 32.1 Å². The average Bonchev–Trinajstić information content (AvgIpc) is 2.88. The number of likely N-dealkylation sites (tertiary alicyclic amines) is 1. The van der Waals surface area contributed by atoms with E-state index in [1.54, 1.807) is 18.9 Å². The first-order valence-electron chi connectivity index (χ1n) is 6.64. The van der Waals surface area contributed by atoms with Gasteiger partial charge in [-0.05, 0) is 14.0 Å². The second-order valence-electron chi connectivity index (χ2n) is 5.31. The van der Waals surface area contributed by atoms with Crippen LogP contribution in [0.3, 0.4) is 0 Å². The van der Waals surface area contributed by atoms with Gasteiger partial charge in [0.05, 0.1) is 0 Å². The Balaban J connectivity index is 2.06. The van der Waals surface area contributed by atoms with Crippen LogP contribution >= 0.6 is 0 Å². The van der Waals surface area contributed by atoms with E-state index >= 15 is 0 Å². The summed E-state index contributed by atoms with van der Waals surface area (Å²) >= 11 is 0. The highest BCUT2D eigenvalue weighted by Gasteiger charge is 2.57. The maximum Gasteiger partial charge on any atom is 0.423 e. The first kappa shape index (κ1) is 14.5. The number of fused-ring (bicyclic) bond motifs is 2. The monoisotopic (exact) mass is 310 g/mol. The van der Waals surface area contributed by atoms with Gasteiger partial charge >= 0.3 is 17.9 Å². The fourth-order valence-electron chi connectivity index (χ4n) is 2.79. The average molecular weight is 310 g/mol. The van der Waals surface area contributed by atoms with Gasteiger partial charge in [0.2, 0.25) is 17.2 Å². The minimum absolute atomic E-state index is 0.0613. The van der Waals surface area contributed by atoms with E-state index in [-0.39, 0.29) is 17.9 Å². The zero-order valence-electron chi connectivity index (χ0n) is 12.2. The van der Waals surface area contributed by atoms with E-state index in [2.05, 4.69) is 5.16 Å². The normalized spacial score (nSPS) is 28.0. The number of aromatic nitrogens is 1. The molecule has 9 heteroatoms.